The Morgan fingerprint density at radius 2 is 1.95 bits per heavy atom. The van der Waals surface area contributed by atoms with Crippen molar-refractivity contribution in [2.24, 2.45) is 0 Å². The minimum Gasteiger partial charge on any atom is -0.508 e. The Kier molecular flexibility index (Phi) is 7.23. The van der Waals surface area contributed by atoms with Gasteiger partial charge < -0.3 is 14.4 Å². The number of hydrogen-bond acceptors (Lipinski definition) is 7. The topological polar surface area (TPSA) is 135 Å². The molecule has 5 rings (SSSR count). The molecule has 0 bridgehead atoms. The number of fused-ring (bicyclic) bond motifs is 2. The van der Waals surface area contributed by atoms with Crippen LogP contribution in [-0.2, 0) is 34.7 Å². The molecule has 39 heavy (non-hydrogen) atoms. The third kappa shape index (κ3) is 5.29. The molecule has 12 heteroatoms. The van der Waals surface area contributed by atoms with Crippen molar-refractivity contribution in [3.63, 3.8) is 0 Å². The number of rotatable bonds is 8. The van der Waals surface area contributed by atoms with Crippen molar-refractivity contribution in [3.05, 3.63) is 81.9 Å². The van der Waals surface area contributed by atoms with Crippen LogP contribution in [0.15, 0.2) is 48.5 Å². The van der Waals surface area contributed by atoms with Crippen LogP contribution in [0.25, 0.3) is 11.0 Å². The van der Waals surface area contributed by atoms with Crippen LogP contribution in [0.2, 0.25) is 0 Å². The number of phenols is 1. The lowest BCUT2D eigenvalue weighted by Crippen LogP contribution is -2.37. The van der Waals surface area contributed by atoms with E-state index >= 15 is 0 Å². The molecule has 1 aliphatic rings. The number of aromatic nitrogens is 3. The van der Waals surface area contributed by atoms with Crippen LogP contribution in [0, 0.1) is 13.8 Å². The number of carboxylic acids is 1. The Morgan fingerprint density at radius 3 is 2.69 bits per heavy atom. The molecule has 2 heterocycles. The molecule has 2 N–H and O–H groups in total. The largest absolute Gasteiger partial charge is 0.508 e. The molecule has 1 aromatic heterocycles. The lowest BCUT2D eigenvalue weighted by Gasteiger charge is -2.28. The van der Waals surface area contributed by atoms with Gasteiger partial charge in [-0.3, -0.25) is 4.79 Å². The monoisotopic (exact) mass is 570 g/mol. The van der Waals surface area contributed by atoms with E-state index in [2.05, 4.69) is 10.3 Å². The Labute approximate surface area is 230 Å². The van der Waals surface area contributed by atoms with Crippen molar-refractivity contribution in [1.29, 1.82) is 0 Å². The molecule has 204 valence electrons. The summed E-state index contributed by atoms with van der Waals surface area (Å²) < 4.78 is 33.9. The van der Waals surface area contributed by atoms with Gasteiger partial charge in [0.05, 0.1) is 18.5 Å². The normalized spacial score (nSPS) is 15.6. The van der Waals surface area contributed by atoms with Crippen molar-refractivity contribution < 1.29 is 27.6 Å². The second-order valence-corrected chi connectivity index (χ2v) is 11.5. The first kappa shape index (κ1) is 26.9. The second-order valence-electron chi connectivity index (χ2n) is 9.59. The fourth-order valence-electron chi connectivity index (χ4n) is 5.00. The SMILES string of the molecule is Cc1ccc(C(CC(=O)O)c2ccc3c(nnn3CCCl)c2C)cc1CN1Cc2cc(O)ccc2OS1(=O)=O. The first-order chi connectivity index (χ1) is 18.6. The van der Waals surface area contributed by atoms with E-state index in [0.717, 1.165) is 27.8 Å². The molecule has 0 saturated heterocycles. The zero-order valence-corrected chi connectivity index (χ0v) is 22.9. The smallest absolute Gasteiger partial charge is 0.385 e. The molecule has 0 aliphatic carbocycles. The molecule has 1 unspecified atom stereocenters. The highest BCUT2D eigenvalue weighted by molar-refractivity contribution is 7.84. The Hall–Kier alpha value is -3.67. The van der Waals surface area contributed by atoms with Crippen LogP contribution in [0.5, 0.6) is 11.5 Å². The number of halogens is 1. The highest BCUT2D eigenvalue weighted by Gasteiger charge is 2.32. The average Bonchev–Trinajstić information content (AvgIpc) is 3.29. The molecule has 1 aliphatic heterocycles. The summed E-state index contributed by atoms with van der Waals surface area (Å²) in [4.78, 5) is 11.9. The van der Waals surface area contributed by atoms with Gasteiger partial charge in [0.25, 0.3) is 0 Å². The molecular weight excluding hydrogens is 544 g/mol. The number of nitrogens with zero attached hydrogens (tertiary/aromatic N) is 4. The first-order valence-electron chi connectivity index (χ1n) is 12.3. The molecule has 0 spiro atoms. The number of hydrogen-bond donors (Lipinski definition) is 2. The maximum atomic E-state index is 12.9. The van der Waals surface area contributed by atoms with E-state index < -0.39 is 22.2 Å². The number of carboxylic acid groups (broad SMARTS) is 1. The number of aromatic hydroxyl groups is 1. The van der Waals surface area contributed by atoms with Crippen molar-refractivity contribution in [1.82, 2.24) is 19.3 Å². The summed E-state index contributed by atoms with van der Waals surface area (Å²) in [5.74, 6) is -0.879. The zero-order valence-electron chi connectivity index (χ0n) is 21.3. The van der Waals surface area contributed by atoms with E-state index in [-0.39, 0.29) is 31.0 Å². The van der Waals surface area contributed by atoms with E-state index in [4.69, 9.17) is 15.8 Å². The number of aryl methyl sites for hydroxylation is 3. The average molecular weight is 571 g/mol. The molecule has 0 radical (unpaired) electrons. The van der Waals surface area contributed by atoms with Crippen LogP contribution in [0.1, 0.15) is 45.7 Å². The summed E-state index contributed by atoms with van der Waals surface area (Å²) in [7, 11) is -4.07. The molecule has 3 aromatic carbocycles. The maximum absolute atomic E-state index is 12.9. The molecule has 10 nitrogen and oxygen atoms in total. The van der Waals surface area contributed by atoms with Crippen molar-refractivity contribution in [2.75, 3.05) is 5.88 Å². The lowest BCUT2D eigenvalue weighted by atomic mass is 9.84. The van der Waals surface area contributed by atoms with Gasteiger partial charge in [-0.1, -0.05) is 29.5 Å². The van der Waals surface area contributed by atoms with Gasteiger partial charge in [0.15, 0.2) is 0 Å². The minimum atomic E-state index is -4.07. The van der Waals surface area contributed by atoms with Gasteiger partial charge >= 0.3 is 16.3 Å². The van der Waals surface area contributed by atoms with Crippen LogP contribution in [0.4, 0.5) is 0 Å². The fourth-order valence-corrected chi connectivity index (χ4v) is 6.25. The Morgan fingerprint density at radius 1 is 1.15 bits per heavy atom. The predicted octanol–water partition coefficient (Wildman–Crippen LogP) is 4.24. The van der Waals surface area contributed by atoms with E-state index in [0.29, 0.717) is 29.1 Å². The number of benzene rings is 3. The fraction of sp³-hybridized carbons (Fsp3) is 0.296. The van der Waals surface area contributed by atoms with Crippen LogP contribution < -0.4 is 4.18 Å². The Bertz CT molecular complexity index is 1690. The van der Waals surface area contributed by atoms with Gasteiger partial charge in [-0.05, 0) is 65.9 Å². The highest BCUT2D eigenvalue weighted by atomic mass is 35.5. The summed E-state index contributed by atoms with van der Waals surface area (Å²) >= 11 is 5.89. The summed E-state index contributed by atoms with van der Waals surface area (Å²) in [6.45, 7) is 4.31. The van der Waals surface area contributed by atoms with Crippen LogP contribution in [-0.4, -0.2) is 49.8 Å². The molecule has 1 atom stereocenters. The number of carbonyl (C=O) groups is 1. The zero-order chi connectivity index (χ0) is 27.9. The number of aliphatic carboxylic acids is 1. The van der Waals surface area contributed by atoms with Crippen LogP contribution >= 0.6 is 11.6 Å². The minimum absolute atomic E-state index is 0.0151. The summed E-state index contributed by atoms with van der Waals surface area (Å²) in [6.07, 6.45) is -0.164. The second kappa shape index (κ2) is 10.5. The maximum Gasteiger partial charge on any atom is 0.385 e. The summed E-state index contributed by atoms with van der Waals surface area (Å²) in [5.41, 5.74) is 5.97. The predicted molar refractivity (Wildman–Crippen MR) is 145 cm³/mol. The quantitative estimate of drug-likeness (QED) is 0.300. The van der Waals surface area contributed by atoms with Gasteiger partial charge in [0.2, 0.25) is 0 Å². The lowest BCUT2D eigenvalue weighted by molar-refractivity contribution is -0.137. The molecule has 4 aromatic rings. The van der Waals surface area contributed by atoms with E-state index in [1.165, 1.54) is 22.5 Å². The Balaban J connectivity index is 1.52. The standard InChI is InChI=1S/C27H27ClN4O6S/c1-16-3-4-18(11-19(16)14-31-15-20-12-21(33)5-8-25(20)38-39(31,36)37)23(13-26(34)35)22-6-7-24-27(17(22)2)29-30-32(24)10-9-28/h3-8,11-12,23,33H,9-10,13-15H2,1-2H3,(H,34,35). The third-order valence-corrected chi connectivity index (χ3v) is 8.51. The number of alkyl halides is 1. The highest BCUT2D eigenvalue weighted by Crippen LogP contribution is 2.36. The summed E-state index contributed by atoms with van der Waals surface area (Å²) in [6, 6.07) is 13.6. The van der Waals surface area contributed by atoms with Crippen molar-refractivity contribution in [3.8, 4) is 11.5 Å². The first-order valence-corrected chi connectivity index (χ1v) is 14.2. The van der Waals surface area contributed by atoms with Gasteiger partial charge in [-0.15, -0.1) is 16.7 Å². The van der Waals surface area contributed by atoms with Gasteiger partial charge in [-0.2, -0.15) is 12.7 Å². The van der Waals surface area contributed by atoms with Gasteiger partial charge in [0.1, 0.15) is 17.0 Å². The molecular formula is C27H27ClN4O6S. The van der Waals surface area contributed by atoms with Gasteiger partial charge in [0, 0.05) is 30.5 Å². The summed E-state index contributed by atoms with van der Waals surface area (Å²) in [5, 5.41) is 28.1. The third-order valence-electron chi connectivity index (χ3n) is 7.06. The molecule has 0 saturated carbocycles. The van der Waals surface area contributed by atoms with Crippen LogP contribution in [0.3, 0.4) is 0 Å². The molecule has 0 fully saturated rings. The van der Waals surface area contributed by atoms with Gasteiger partial charge in [-0.25, -0.2) is 4.68 Å². The van der Waals surface area contributed by atoms with E-state index in [1.807, 2.05) is 44.2 Å². The van der Waals surface area contributed by atoms with E-state index in [9.17, 15) is 23.4 Å². The van der Waals surface area contributed by atoms with Crippen molar-refractivity contribution in [2.45, 2.75) is 45.8 Å². The molecule has 0 amide bonds. The van der Waals surface area contributed by atoms with Crippen molar-refractivity contribution >= 4 is 38.9 Å². The van der Waals surface area contributed by atoms with E-state index in [1.54, 1.807) is 4.68 Å². The number of phenolic OH excluding ortho intramolecular Hbond substituents is 1.